The number of hydrogen-bond donors (Lipinski definition) is 0. The third-order valence-corrected chi connectivity index (χ3v) is 5.53. The largest absolute Gasteiger partial charge is 0.497 e. The molecule has 0 unspecified atom stereocenters. The van der Waals surface area contributed by atoms with Gasteiger partial charge >= 0.3 is 0 Å². The lowest BCUT2D eigenvalue weighted by Crippen LogP contribution is -2.38. The van der Waals surface area contributed by atoms with Gasteiger partial charge in [0, 0.05) is 31.6 Å². The molecule has 0 bridgehead atoms. The summed E-state index contributed by atoms with van der Waals surface area (Å²) < 4.78 is 33.4. The highest BCUT2D eigenvalue weighted by atomic mass is 32.2. The Morgan fingerprint density at radius 3 is 2.68 bits per heavy atom. The predicted octanol–water partition coefficient (Wildman–Crippen LogP) is 1.21. The van der Waals surface area contributed by atoms with E-state index in [9.17, 15) is 13.2 Å². The van der Waals surface area contributed by atoms with Crippen molar-refractivity contribution in [2.24, 2.45) is 7.05 Å². The van der Waals surface area contributed by atoms with E-state index >= 15 is 0 Å². The molecule has 0 saturated heterocycles. The Hall–Kier alpha value is -2.35. The van der Waals surface area contributed by atoms with Crippen LogP contribution >= 0.6 is 0 Å². The van der Waals surface area contributed by atoms with Gasteiger partial charge in [-0.05, 0) is 18.2 Å². The fourth-order valence-corrected chi connectivity index (χ4v) is 4.10. The van der Waals surface area contributed by atoms with Gasteiger partial charge in [-0.25, -0.2) is 0 Å². The fourth-order valence-electron chi connectivity index (χ4n) is 2.52. The van der Waals surface area contributed by atoms with Gasteiger partial charge in [-0.15, -0.1) is 0 Å². The van der Waals surface area contributed by atoms with Crippen molar-refractivity contribution in [1.82, 2.24) is 9.78 Å². The summed E-state index contributed by atoms with van der Waals surface area (Å²) in [6.07, 6.45) is 1.57. The Balaban J connectivity index is 2.16. The molecule has 22 heavy (non-hydrogen) atoms. The molecule has 1 aliphatic heterocycles. The Kier molecular flexibility index (Phi) is 3.40. The molecular formula is C14H15N3O4S. The molecule has 1 aromatic heterocycles. The molecule has 0 N–H and O–H groups in total. The number of aryl methyl sites for hydroxylation is 1. The van der Waals surface area contributed by atoms with E-state index in [0.29, 0.717) is 17.0 Å². The molecular weight excluding hydrogens is 306 g/mol. The second kappa shape index (κ2) is 5.13. The molecule has 2 aromatic rings. The maximum absolute atomic E-state index is 12.9. The van der Waals surface area contributed by atoms with E-state index in [4.69, 9.17) is 4.74 Å². The number of rotatable bonds is 3. The van der Waals surface area contributed by atoms with Crippen LogP contribution in [0.4, 0.5) is 5.69 Å². The molecule has 0 radical (unpaired) electrons. The fraction of sp³-hybridized carbons (Fsp3) is 0.286. The first-order valence-corrected chi connectivity index (χ1v) is 8.11. The van der Waals surface area contributed by atoms with Gasteiger partial charge in [0.1, 0.15) is 5.75 Å². The highest BCUT2D eigenvalue weighted by molar-refractivity contribution is 7.92. The molecule has 3 rings (SSSR count). The summed E-state index contributed by atoms with van der Waals surface area (Å²) in [4.78, 5) is 12.0. The first-order chi connectivity index (χ1) is 10.4. The van der Waals surface area contributed by atoms with Crippen molar-refractivity contribution in [2.75, 3.05) is 18.0 Å². The number of benzene rings is 1. The van der Waals surface area contributed by atoms with Crippen molar-refractivity contribution in [3.05, 3.63) is 36.0 Å². The van der Waals surface area contributed by atoms with Crippen LogP contribution in [0.15, 0.2) is 35.5 Å². The molecule has 0 aliphatic carbocycles. The van der Waals surface area contributed by atoms with E-state index in [1.807, 2.05) is 0 Å². The van der Waals surface area contributed by atoms with Gasteiger partial charge in [0.15, 0.2) is 10.8 Å². The van der Waals surface area contributed by atoms with Crippen molar-refractivity contribution >= 4 is 21.5 Å². The summed E-state index contributed by atoms with van der Waals surface area (Å²) in [7, 11) is -0.729. The zero-order chi connectivity index (χ0) is 15.9. The van der Waals surface area contributed by atoms with E-state index in [1.54, 1.807) is 25.2 Å². The Labute approximate surface area is 128 Å². The standard InChI is InChI=1S/C14H15N3O4S/c1-16-14(5-7-15-16)22(19,20)17-8-6-13(18)11-4-3-10(21-2)9-12(11)17/h3-5,7,9H,6,8H2,1-2H3. The number of fused-ring (bicyclic) bond motifs is 1. The second-order valence-electron chi connectivity index (χ2n) is 4.93. The topological polar surface area (TPSA) is 81.5 Å². The van der Waals surface area contributed by atoms with E-state index in [-0.39, 0.29) is 23.8 Å². The van der Waals surface area contributed by atoms with Crippen LogP contribution in [0.1, 0.15) is 16.8 Å². The number of carbonyl (C=O) groups excluding carboxylic acids is 1. The lowest BCUT2D eigenvalue weighted by atomic mass is 10.0. The monoisotopic (exact) mass is 321 g/mol. The molecule has 116 valence electrons. The molecule has 2 heterocycles. The van der Waals surface area contributed by atoms with Gasteiger partial charge < -0.3 is 4.74 Å². The van der Waals surface area contributed by atoms with E-state index < -0.39 is 10.0 Å². The van der Waals surface area contributed by atoms with Crippen molar-refractivity contribution < 1.29 is 17.9 Å². The van der Waals surface area contributed by atoms with Crippen LogP contribution in [-0.4, -0.2) is 37.6 Å². The molecule has 8 heteroatoms. The zero-order valence-electron chi connectivity index (χ0n) is 12.2. The number of aromatic nitrogens is 2. The second-order valence-corrected chi connectivity index (χ2v) is 6.74. The summed E-state index contributed by atoms with van der Waals surface area (Å²) >= 11 is 0. The summed E-state index contributed by atoms with van der Waals surface area (Å²) in [5.41, 5.74) is 0.731. The number of Topliss-reactive ketones (excluding diaryl/α,β-unsaturated/α-hetero) is 1. The maximum Gasteiger partial charge on any atom is 0.281 e. The zero-order valence-corrected chi connectivity index (χ0v) is 13.0. The highest BCUT2D eigenvalue weighted by Crippen LogP contribution is 2.34. The van der Waals surface area contributed by atoms with Crippen LogP contribution in [0.3, 0.4) is 0 Å². The van der Waals surface area contributed by atoms with E-state index in [2.05, 4.69) is 5.10 Å². The number of methoxy groups -OCH3 is 1. The van der Waals surface area contributed by atoms with Crippen molar-refractivity contribution in [3.8, 4) is 5.75 Å². The summed E-state index contributed by atoms with van der Waals surface area (Å²) in [5, 5.41) is 3.98. The summed E-state index contributed by atoms with van der Waals surface area (Å²) in [6.45, 7) is 0.104. The number of carbonyl (C=O) groups is 1. The molecule has 7 nitrogen and oxygen atoms in total. The SMILES string of the molecule is COc1ccc2c(c1)N(S(=O)(=O)c1ccnn1C)CCC2=O. The van der Waals surface area contributed by atoms with Crippen LogP contribution in [0.5, 0.6) is 5.75 Å². The molecule has 1 aliphatic rings. The maximum atomic E-state index is 12.9. The normalized spacial score (nSPS) is 14.8. The molecule has 0 spiro atoms. The Morgan fingerprint density at radius 2 is 2.05 bits per heavy atom. The summed E-state index contributed by atoms with van der Waals surface area (Å²) in [5.74, 6) is 0.424. The van der Waals surface area contributed by atoms with Gasteiger partial charge in [0.2, 0.25) is 0 Å². The third kappa shape index (κ3) is 2.16. The van der Waals surface area contributed by atoms with Gasteiger partial charge in [0.25, 0.3) is 10.0 Å². The minimum Gasteiger partial charge on any atom is -0.497 e. The number of nitrogens with zero attached hydrogens (tertiary/aromatic N) is 3. The Morgan fingerprint density at radius 1 is 1.27 bits per heavy atom. The van der Waals surface area contributed by atoms with Crippen LogP contribution in [0.25, 0.3) is 0 Å². The molecule has 0 atom stereocenters. The van der Waals surface area contributed by atoms with Crippen molar-refractivity contribution in [1.29, 1.82) is 0 Å². The molecule has 1 aromatic carbocycles. The first kappa shape index (κ1) is 14.6. The van der Waals surface area contributed by atoms with Crippen LogP contribution in [0, 0.1) is 0 Å². The molecule has 0 fully saturated rings. The average Bonchev–Trinajstić information content (AvgIpc) is 2.94. The van der Waals surface area contributed by atoms with Crippen LogP contribution in [0.2, 0.25) is 0 Å². The van der Waals surface area contributed by atoms with Crippen molar-refractivity contribution in [2.45, 2.75) is 11.4 Å². The third-order valence-electron chi connectivity index (χ3n) is 3.65. The molecule has 0 saturated carbocycles. The number of anilines is 1. The highest BCUT2D eigenvalue weighted by Gasteiger charge is 2.34. The average molecular weight is 321 g/mol. The molecule has 0 amide bonds. The van der Waals surface area contributed by atoms with E-state index in [1.165, 1.54) is 28.4 Å². The lowest BCUT2D eigenvalue weighted by molar-refractivity contribution is 0.0982. The van der Waals surface area contributed by atoms with Gasteiger partial charge in [-0.1, -0.05) is 0 Å². The van der Waals surface area contributed by atoms with Gasteiger partial charge in [0.05, 0.1) is 19.0 Å². The quantitative estimate of drug-likeness (QED) is 0.849. The number of ether oxygens (including phenoxy) is 1. The first-order valence-electron chi connectivity index (χ1n) is 6.67. The Bertz CT molecular complexity index is 842. The number of sulfonamides is 1. The smallest absolute Gasteiger partial charge is 0.281 e. The van der Waals surface area contributed by atoms with Gasteiger partial charge in [-0.3, -0.25) is 13.8 Å². The van der Waals surface area contributed by atoms with Crippen LogP contribution in [-0.2, 0) is 17.1 Å². The van der Waals surface area contributed by atoms with Gasteiger partial charge in [-0.2, -0.15) is 13.5 Å². The number of hydrogen-bond acceptors (Lipinski definition) is 5. The van der Waals surface area contributed by atoms with E-state index in [0.717, 1.165) is 0 Å². The predicted molar refractivity (Wildman–Crippen MR) is 79.7 cm³/mol. The van der Waals surface area contributed by atoms with Crippen molar-refractivity contribution in [3.63, 3.8) is 0 Å². The lowest BCUT2D eigenvalue weighted by Gasteiger charge is -2.29. The summed E-state index contributed by atoms with van der Waals surface area (Å²) in [6, 6.07) is 6.25. The minimum atomic E-state index is -3.79. The van der Waals surface area contributed by atoms with Crippen LogP contribution < -0.4 is 9.04 Å². The minimum absolute atomic E-state index is 0.0749. The number of ketones is 1.